The van der Waals surface area contributed by atoms with E-state index in [1.54, 1.807) is 0 Å². The number of fused-ring (bicyclic) bond motifs is 1. The smallest absolute Gasteiger partial charge is 0.308 e. The van der Waals surface area contributed by atoms with Gasteiger partial charge in [-0.3, -0.25) is 24.2 Å². The average molecular weight is 421 g/mol. The molecular formula is C22H36N4O4. The molecule has 0 spiro atoms. The lowest BCUT2D eigenvalue weighted by Crippen LogP contribution is -2.50. The molecule has 3 heterocycles. The fourth-order valence-electron chi connectivity index (χ4n) is 5.47. The molecule has 2 amide bonds. The van der Waals surface area contributed by atoms with Crippen LogP contribution in [0.3, 0.4) is 0 Å². The lowest BCUT2D eigenvalue weighted by molar-refractivity contribution is -0.149. The van der Waals surface area contributed by atoms with E-state index in [2.05, 4.69) is 22.2 Å². The van der Waals surface area contributed by atoms with Crippen molar-refractivity contribution >= 4 is 17.8 Å². The van der Waals surface area contributed by atoms with Crippen LogP contribution in [0.1, 0.15) is 44.9 Å². The van der Waals surface area contributed by atoms with Crippen LogP contribution in [0.15, 0.2) is 0 Å². The third-order valence-electron chi connectivity index (χ3n) is 7.61. The molecule has 3 atom stereocenters. The van der Waals surface area contributed by atoms with E-state index in [0.29, 0.717) is 38.9 Å². The van der Waals surface area contributed by atoms with E-state index in [0.717, 1.165) is 31.8 Å². The first kappa shape index (κ1) is 21.6. The van der Waals surface area contributed by atoms with Crippen molar-refractivity contribution in [1.29, 1.82) is 0 Å². The summed E-state index contributed by atoms with van der Waals surface area (Å²) in [6.07, 6.45) is 6.21. The highest BCUT2D eigenvalue weighted by Crippen LogP contribution is 2.34. The van der Waals surface area contributed by atoms with Crippen molar-refractivity contribution in [1.82, 2.24) is 20.0 Å². The summed E-state index contributed by atoms with van der Waals surface area (Å²) >= 11 is 0. The summed E-state index contributed by atoms with van der Waals surface area (Å²) in [5.74, 6) is 0.839. The Hall–Kier alpha value is -1.67. The third-order valence-corrected chi connectivity index (χ3v) is 7.61. The minimum atomic E-state index is -0.167. The normalized spacial score (nSPS) is 31.2. The standard InChI is InChI=1S/C22H36N4O4/c1-24-17(5-6-19(27)25-10-7-16(8-11-25)22(29)30-2)13-23-21(28)20-18(24)9-12-26(20)14-15-3-4-15/h15-18,20H,3-14H2,1-2H3,(H,23,28). The first-order chi connectivity index (χ1) is 14.5. The summed E-state index contributed by atoms with van der Waals surface area (Å²) in [6, 6.07) is 0.372. The first-order valence-corrected chi connectivity index (χ1v) is 11.6. The second kappa shape index (κ2) is 9.22. The molecule has 4 rings (SSSR count). The molecule has 0 aromatic heterocycles. The van der Waals surface area contributed by atoms with Gasteiger partial charge >= 0.3 is 5.97 Å². The molecule has 0 radical (unpaired) electrons. The molecule has 8 heteroatoms. The Morgan fingerprint density at radius 3 is 2.50 bits per heavy atom. The van der Waals surface area contributed by atoms with Crippen molar-refractivity contribution in [2.75, 3.05) is 46.9 Å². The van der Waals surface area contributed by atoms with Gasteiger partial charge in [-0.2, -0.15) is 0 Å². The van der Waals surface area contributed by atoms with Crippen LogP contribution in [0.4, 0.5) is 0 Å². The third kappa shape index (κ3) is 4.64. The van der Waals surface area contributed by atoms with Crippen LogP contribution in [0, 0.1) is 11.8 Å². The number of amides is 2. The van der Waals surface area contributed by atoms with Gasteiger partial charge in [0.05, 0.1) is 13.0 Å². The molecule has 4 aliphatic rings. The molecule has 168 valence electrons. The molecule has 30 heavy (non-hydrogen) atoms. The maximum Gasteiger partial charge on any atom is 0.308 e. The van der Waals surface area contributed by atoms with Gasteiger partial charge in [-0.1, -0.05) is 0 Å². The van der Waals surface area contributed by atoms with E-state index in [1.165, 1.54) is 20.0 Å². The number of methoxy groups -OCH3 is 1. The zero-order valence-electron chi connectivity index (χ0n) is 18.3. The predicted molar refractivity (Wildman–Crippen MR) is 112 cm³/mol. The van der Waals surface area contributed by atoms with Gasteiger partial charge in [-0.05, 0) is 51.5 Å². The Kier molecular flexibility index (Phi) is 6.63. The van der Waals surface area contributed by atoms with E-state index in [4.69, 9.17) is 4.74 Å². The maximum absolute atomic E-state index is 12.8. The lowest BCUT2D eigenvalue weighted by atomic mass is 9.96. The molecule has 1 saturated carbocycles. The van der Waals surface area contributed by atoms with E-state index in [1.807, 2.05) is 4.90 Å². The molecule has 0 bridgehead atoms. The van der Waals surface area contributed by atoms with Gasteiger partial charge in [0, 0.05) is 51.2 Å². The highest BCUT2D eigenvalue weighted by Gasteiger charge is 2.46. The number of hydrogen-bond acceptors (Lipinski definition) is 6. The molecule has 3 aliphatic heterocycles. The topological polar surface area (TPSA) is 82.2 Å². The molecular weight excluding hydrogens is 384 g/mol. The molecule has 4 fully saturated rings. The number of rotatable bonds is 6. The average Bonchev–Trinajstić information content (AvgIpc) is 3.50. The van der Waals surface area contributed by atoms with Gasteiger partial charge in [-0.25, -0.2) is 0 Å². The number of likely N-dealkylation sites (N-methyl/N-ethyl adjacent to an activating group) is 1. The molecule has 1 N–H and O–H groups in total. The molecule has 0 aromatic rings. The Bertz CT molecular complexity index is 660. The van der Waals surface area contributed by atoms with Crippen LogP contribution in [0.2, 0.25) is 0 Å². The van der Waals surface area contributed by atoms with Gasteiger partial charge in [0.2, 0.25) is 11.8 Å². The van der Waals surface area contributed by atoms with Gasteiger partial charge in [0.15, 0.2) is 0 Å². The van der Waals surface area contributed by atoms with Crippen molar-refractivity contribution in [2.24, 2.45) is 11.8 Å². The Labute approximate surface area is 179 Å². The number of carbonyl (C=O) groups is 3. The Morgan fingerprint density at radius 2 is 1.83 bits per heavy atom. The zero-order chi connectivity index (χ0) is 21.3. The SMILES string of the molecule is COC(=O)C1CCN(C(=O)CCC2CNC(=O)C3C(CCN3CC3CC3)N2C)CC1. The fourth-order valence-corrected chi connectivity index (χ4v) is 5.47. The lowest BCUT2D eigenvalue weighted by Gasteiger charge is -2.34. The Balaban J connectivity index is 1.28. The quantitative estimate of drug-likeness (QED) is 0.629. The number of hydrogen-bond donors (Lipinski definition) is 1. The van der Waals surface area contributed by atoms with E-state index in [-0.39, 0.29) is 41.8 Å². The van der Waals surface area contributed by atoms with E-state index >= 15 is 0 Å². The van der Waals surface area contributed by atoms with Crippen LogP contribution in [-0.4, -0.2) is 97.5 Å². The highest BCUT2D eigenvalue weighted by molar-refractivity contribution is 5.83. The second-order valence-corrected chi connectivity index (χ2v) is 9.52. The number of esters is 1. The van der Waals surface area contributed by atoms with Crippen LogP contribution in [0.25, 0.3) is 0 Å². The van der Waals surface area contributed by atoms with Crippen molar-refractivity contribution in [3.05, 3.63) is 0 Å². The number of nitrogens with zero attached hydrogens (tertiary/aromatic N) is 3. The summed E-state index contributed by atoms with van der Waals surface area (Å²) < 4.78 is 4.83. The maximum atomic E-state index is 12.8. The number of carbonyl (C=O) groups excluding carboxylic acids is 3. The minimum Gasteiger partial charge on any atom is -0.469 e. The van der Waals surface area contributed by atoms with Gasteiger partial charge < -0.3 is 15.0 Å². The van der Waals surface area contributed by atoms with Crippen LogP contribution >= 0.6 is 0 Å². The number of likely N-dealkylation sites (tertiary alicyclic amines) is 2. The van der Waals surface area contributed by atoms with Crippen molar-refractivity contribution < 1.29 is 19.1 Å². The fraction of sp³-hybridized carbons (Fsp3) is 0.864. The van der Waals surface area contributed by atoms with E-state index in [9.17, 15) is 14.4 Å². The van der Waals surface area contributed by atoms with Crippen LogP contribution < -0.4 is 5.32 Å². The molecule has 8 nitrogen and oxygen atoms in total. The summed E-state index contributed by atoms with van der Waals surface area (Å²) in [7, 11) is 3.54. The molecule has 0 aromatic carbocycles. The predicted octanol–water partition coefficient (Wildman–Crippen LogP) is 0.461. The van der Waals surface area contributed by atoms with Gasteiger partial charge in [0.25, 0.3) is 0 Å². The van der Waals surface area contributed by atoms with Crippen LogP contribution in [-0.2, 0) is 19.1 Å². The number of nitrogens with one attached hydrogen (secondary N) is 1. The highest BCUT2D eigenvalue weighted by atomic mass is 16.5. The van der Waals surface area contributed by atoms with Crippen LogP contribution in [0.5, 0.6) is 0 Å². The largest absolute Gasteiger partial charge is 0.469 e. The first-order valence-electron chi connectivity index (χ1n) is 11.6. The monoisotopic (exact) mass is 420 g/mol. The molecule has 3 saturated heterocycles. The summed E-state index contributed by atoms with van der Waals surface area (Å²) in [6.45, 7) is 3.89. The van der Waals surface area contributed by atoms with Gasteiger partial charge in [0.1, 0.15) is 6.04 Å². The number of ether oxygens (including phenoxy) is 1. The zero-order valence-corrected chi connectivity index (χ0v) is 18.3. The summed E-state index contributed by atoms with van der Waals surface area (Å²) in [5, 5.41) is 3.15. The van der Waals surface area contributed by atoms with E-state index < -0.39 is 0 Å². The minimum absolute atomic E-state index is 0.0475. The summed E-state index contributed by atoms with van der Waals surface area (Å²) in [5.41, 5.74) is 0. The number of piperidine rings is 1. The summed E-state index contributed by atoms with van der Waals surface area (Å²) in [4.78, 5) is 43.8. The van der Waals surface area contributed by atoms with Gasteiger partial charge in [-0.15, -0.1) is 0 Å². The van der Waals surface area contributed by atoms with Crippen molar-refractivity contribution in [2.45, 2.75) is 63.1 Å². The van der Waals surface area contributed by atoms with Crippen molar-refractivity contribution in [3.63, 3.8) is 0 Å². The van der Waals surface area contributed by atoms with Crippen molar-refractivity contribution in [3.8, 4) is 0 Å². The molecule has 1 aliphatic carbocycles. The Morgan fingerprint density at radius 1 is 1.10 bits per heavy atom. The molecule has 3 unspecified atom stereocenters. The second-order valence-electron chi connectivity index (χ2n) is 9.52.